The minimum atomic E-state index is -0.341. The second-order valence-electron chi connectivity index (χ2n) is 7.23. The number of benzene rings is 1. The van der Waals surface area contributed by atoms with Gasteiger partial charge in [0.2, 0.25) is 5.91 Å². The maximum Gasteiger partial charge on any atom is 0.273 e. The minimum absolute atomic E-state index is 0.136. The largest absolute Gasteiger partial charge is 0.491 e. The number of carbonyl (C=O) groups is 1. The number of amides is 1. The molecule has 1 amide bonds. The summed E-state index contributed by atoms with van der Waals surface area (Å²) in [5.74, 6) is 1.00. The quantitative estimate of drug-likeness (QED) is 0.521. The molecule has 0 fully saturated rings. The lowest BCUT2D eigenvalue weighted by Crippen LogP contribution is -2.27. The van der Waals surface area contributed by atoms with E-state index in [1.54, 1.807) is 6.20 Å². The van der Waals surface area contributed by atoms with E-state index in [9.17, 15) is 9.59 Å². The maximum absolute atomic E-state index is 12.4. The molecular formula is C23H27N5O3. The molecule has 3 aromatic rings. The average molecular weight is 422 g/mol. The third kappa shape index (κ3) is 6.74. The van der Waals surface area contributed by atoms with Crippen LogP contribution in [0.15, 0.2) is 53.5 Å². The van der Waals surface area contributed by atoms with Crippen LogP contribution in [0.1, 0.15) is 38.1 Å². The van der Waals surface area contributed by atoms with Crippen molar-refractivity contribution in [2.75, 3.05) is 6.54 Å². The number of rotatable bonds is 10. The van der Waals surface area contributed by atoms with Gasteiger partial charge in [-0.25, -0.2) is 0 Å². The number of pyridine rings is 1. The van der Waals surface area contributed by atoms with Crippen molar-refractivity contribution in [3.05, 3.63) is 70.4 Å². The highest BCUT2D eigenvalue weighted by Gasteiger charge is 2.10. The number of nitrogens with zero attached hydrogens (tertiary/aromatic N) is 3. The van der Waals surface area contributed by atoms with Crippen molar-refractivity contribution < 1.29 is 9.53 Å². The normalized spacial score (nSPS) is 11.7. The van der Waals surface area contributed by atoms with E-state index in [1.165, 1.54) is 0 Å². The molecule has 1 aromatic carbocycles. The first-order chi connectivity index (χ1) is 15.0. The van der Waals surface area contributed by atoms with Crippen molar-refractivity contribution in [2.24, 2.45) is 0 Å². The third-order valence-corrected chi connectivity index (χ3v) is 4.82. The van der Waals surface area contributed by atoms with Gasteiger partial charge in [0.05, 0.1) is 6.10 Å². The SMILES string of the molecule is CC[C@@H](C)Oc1ccc(-c2nnc(CCC(=O)NCCc3ccccn3)c(=O)[nH]2)cc1. The summed E-state index contributed by atoms with van der Waals surface area (Å²) in [6.45, 7) is 4.57. The van der Waals surface area contributed by atoms with E-state index in [1.807, 2.05) is 49.4 Å². The molecule has 3 rings (SSSR count). The first-order valence-electron chi connectivity index (χ1n) is 10.4. The van der Waals surface area contributed by atoms with Crippen LogP contribution in [-0.2, 0) is 17.6 Å². The molecule has 0 unspecified atom stereocenters. The summed E-state index contributed by atoms with van der Waals surface area (Å²) in [7, 11) is 0. The smallest absolute Gasteiger partial charge is 0.273 e. The van der Waals surface area contributed by atoms with E-state index in [4.69, 9.17) is 4.74 Å². The number of hydrogen-bond donors (Lipinski definition) is 2. The standard InChI is InChI=1S/C23H27N5O3/c1-3-16(2)31-19-9-7-17(8-10-19)22-26-23(30)20(27-28-22)11-12-21(29)25-15-13-18-6-4-5-14-24-18/h4-10,14,16H,3,11-13,15H2,1-2H3,(H,25,29)(H,26,28,30)/t16-/m1/s1. The van der Waals surface area contributed by atoms with Gasteiger partial charge in [0.15, 0.2) is 5.82 Å². The third-order valence-electron chi connectivity index (χ3n) is 4.82. The molecule has 0 bridgehead atoms. The summed E-state index contributed by atoms with van der Waals surface area (Å²) in [5.41, 5.74) is 1.55. The van der Waals surface area contributed by atoms with E-state index in [-0.39, 0.29) is 36.1 Å². The Morgan fingerprint density at radius 2 is 1.94 bits per heavy atom. The van der Waals surface area contributed by atoms with Crippen LogP contribution < -0.4 is 15.6 Å². The van der Waals surface area contributed by atoms with Gasteiger partial charge in [-0.05, 0) is 49.7 Å². The molecule has 8 heteroatoms. The van der Waals surface area contributed by atoms with Crippen LogP contribution in [0.3, 0.4) is 0 Å². The van der Waals surface area contributed by atoms with Crippen LogP contribution in [-0.4, -0.2) is 38.7 Å². The number of aromatic amines is 1. The lowest BCUT2D eigenvalue weighted by Gasteiger charge is -2.12. The predicted octanol–water partition coefficient (Wildman–Crippen LogP) is 2.70. The molecule has 0 aliphatic heterocycles. The molecule has 0 saturated carbocycles. The summed E-state index contributed by atoms with van der Waals surface area (Å²) in [6.07, 6.45) is 3.83. The van der Waals surface area contributed by atoms with Crippen molar-refractivity contribution in [1.29, 1.82) is 0 Å². The Bertz CT molecular complexity index is 1040. The van der Waals surface area contributed by atoms with E-state index in [0.717, 1.165) is 23.4 Å². The van der Waals surface area contributed by atoms with Crippen LogP contribution in [0.25, 0.3) is 11.4 Å². The van der Waals surface area contributed by atoms with Gasteiger partial charge in [-0.3, -0.25) is 14.6 Å². The summed E-state index contributed by atoms with van der Waals surface area (Å²) in [4.78, 5) is 31.3. The van der Waals surface area contributed by atoms with Gasteiger partial charge in [-0.2, -0.15) is 0 Å². The molecule has 2 aromatic heterocycles. The highest BCUT2D eigenvalue weighted by atomic mass is 16.5. The highest BCUT2D eigenvalue weighted by molar-refractivity contribution is 5.76. The Morgan fingerprint density at radius 1 is 1.13 bits per heavy atom. The predicted molar refractivity (Wildman–Crippen MR) is 118 cm³/mol. The summed E-state index contributed by atoms with van der Waals surface area (Å²) in [6, 6.07) is 13.0. The maximum atomic E-state index is 12.4. The van der Waals surface area contributed by atoms with Crippen molar-refractivity contribution in [1.82, 2.24) is 25.5 Å². The van der Waals surface area contributed by atoms with Crippen LogP contribution in [0, 0.1) is 0 Å². The number of carbonyl (C=O) groups excluding carboxylic acids is 1. The van der Waals surface area contributed by atoms with Crippen LogP contribution in [0.2, 0.25) is 0 Å². The van der Waals surface area contributed by atoms with Gasteiger partial charge in [0, 0.05) is 43.3 Å². The Hall–Kier alpha value is -3.55. The van der Waals surface area contributed by atoms with Crippen LogP contribution in [0.4, 0.5) is 0 Å². The molecule has 8 nitrogen and oxygen atoms in total. The average Bonchev–Trinajstić information content (AvgIpc) is 2.79. The number of H-pyrrole nitrogens is 1. The first-order valence-corrected chi connectivity index (χ1v) is 10.4. The van der Waals surface area contributed by atoms with E-state index in [2.05, 4.69) is 32.4 Å². The molecule has 0 saturated heterocycles. The van der Waals surface area contributed by atoms with Gasteiger partial charge in [-0.1, -0.05) is 13.0 Å². The van der Waals surface area contributed by atoms with Gasteiger partial charge >= 0.3 is 0 Å². The van der Waals surface area contributed by atoms with Gasteiger partial charge in [-0.15, -0.1) is 10.2 Å². The molecule has 0 spiro atoms. The topological polar surface area (TPSA) is 110 Å². The number of hydrogen-bond acceptors (Lipinski definition) is 6. The van der Waals surface area contributed by atoms with Crippen LogP contribution in [0.5, 0.6) is 5.75 Å². The van der Waals surface area contributed by atoms with Gasteiger partial charge in [0.25, 0.3) is 5.56 Å². The lowest BCUT2D eigenvalue weighted by molar-refractivity contribution is -0.121. The second-order valence-corrected chi connectivity index (χ2v) is 7.23. The fourth-order valence-electron chi connectivity index (χ4n) is 2.86. The van der Waals surface area contributed by atoms with Crippen molar-refractivity contribution >= 4 is 5.91 Å². The molecule has 0 aliphatic rings. The molecule has 0 radical (unpaired) electrons. The zero-order valence-electron chi connectivity index (χ0n) is 17.8. The van der Waals surface area contributed by atoms with Crippen LogP contribution >= 0.6 is 0 Å². The monoisotopic (exact) mass is 421 g/mol. The zero-order chi connectivity index (χ0) is 22.1. The lowest BCUT2D eigenvalue weighted by atomic mass is 10.2. The van der Waals surface area contributed by atoms with Crippen molar-refractivity contribution in [3.63, 3.8) is 0 Å². The first kappa shape index (κ1) is 22.1. The van der Waals surface area contributed by atoms with Crippen molar-refractivity contribution in [3.8, 4) is 17.1 Å². The summed E-state index contributed by atoms with van der Waals surface area (Å²) < 4.78 is 5.76. The Kier molecular flexibility index (Phi) is 7.86. The summed E-state index contributed by atoms with van der Waals surface area (Å²) in [5, 5.41) is 11.0. The highest BCUT2D eigenvalue weighted by Crippen LogP contribution is 2.19. The Balaban J connectivity index is 1.51. The number of ether oxygens (including phenoxy) is 1. The molecule has 162 valence electrons. The molecule has 1 atom stereocenters. The molecule has 31 heavy (non-hydrogen) atoms. The van der Waals surface area contributed by atoms with E-state index >= 15 is 0 Å². The van der Waals surface area contributed by atoms with Gasteiger partial charge in [0.1, 0.15) is 11.4 Å². The van der Waals surface area contributed by atoms with Crippen molar-refractivity contribution in [2.45, 2.75) is 45.6 Å². The Morgan fingerprint density at radius 3 is 2.61 bits per heavy atom. The van der Waals surface area contributed by atoms with E-state index < -0.39 is 0 Å². The Labute approximate surface area is 181 Å². The van der Waals surface area contributed by atoms with E-state index in [0.29, 0.717) is 18.8 Å². The molecular weight excluding hydrogens is 394 g/mol. The molecule has 2 heterocycles. The number of nitrogens with one attached hydrogen (secondary N) is 2. The molecule has 2 N–H and O–H groups in total. The van der Waals surface area contributed by atoms with Gasteiger partial charge < -0.3 is 15.0 Å². The fourth-order valence-corrected chi connectivity index (χ4v) is 2.86. The zero-order valence-corrected chi connectivity index (χ0v) is 17.8. The molecule has 0 aliphatic carbocycles. The second kappa shape index (κ2) is 11.0. The number of aromatic nitrogens is 4. The summed E-state index contributed by atoms with van der Waals surface area (Å²) >= 11 is 0. The number of aryl methyl sites for hydroxylation is 1. The minimum Gasteiger partial charge on any atom is -0.491 e. The fraction of sp³-hybridized carbons (Fsp3) is 0.348.